The van der Waals surface area contributed by atoms with Gasteiger partial charge in [0.2, 0.25) is 11.7 Å². The first-order valence-corrected chi connectivity index (χ1v) is 10.4. The van der Waals surface area contributed by atoms with E-state index in [9.17, 15) is 15.0 Å². The Morgan fingerprint density at radius 2 is 2.06 bits per heavy atom. The fourth-order valence-electron chi connectivity index (χ4n) is 4.90. The fourth-order valence-corrected chi connectivity index (χ4v) is 4.90. The van der Waals surface area contributed by atoms with Crippen molar-refractivity contribution < 1.29 is 19.4 Å². The second kappa shape index (κ2) is 7.05. The van der Waals surface area contributed by atoms with E-state index in [2.05, 4.69) is 37.4 Å². The van der Waals surface area contributed by atoms with Crippen LogP contribution in [0.15, 0.2) is 16.8 Å². The molecule has 0 spiro atoms. The molecule has 10 heteroatoms. The van der Waals surface area contributed by atoms with Crippen LogP contribution in [-0.4, -0.2) is 61.9 Å². The largest absolute Gasteiger partial charge is 0.453 e. The Morgan fingerprint density at radius 1 is 1.28 bits per heavy atom. The van der Waals surface area contributed by atoms with Crippen molar-refractivity contribution in [2.45, 2.75) is 38.5 Å². The van der Waals surface area contributed by atoms with Gasteiger partial charge in [-0.1, -0.05) is 0 Å². The summed E-state index contributed by atoms with van der Waals surface area (Å²) in [6.45, 7) is 3.82. The number of aromatic nitrogens is 4. The van der Waals surface area contributed by atoms with E-state index in [1.54, 1.807) is 17.9 Å². The third-order valence-electron chi connectivity index (χ3n) is 6.77. The molecule has 0 bridgehead atoms. The minimum absolute atomic E-state index is 0.221. The molecule has 0 aliphatic heterocycles. The normalized spacial score (nSPS) is 28.2. The zero-order chi connectivity index (χ0) is 22.8. The van der Waals surface area contributed by atoms with Crippen LogP contribution in [0.5, 0.6) is 0 Å². The van der Waals surface area contributed by atoms with Crippen molar-refractivity contribution in [3.05, 3.63) is 35.3 Å². The molecular weight excluding hydrogens is 412 g/mol. The van der Waals surface area contributed by atoms with Crippen molar-refractivity contribution in [3.63, 3.8) is 0 Å². The topological polar surface area (TPSA) is 138 Å². The molecule has 0 aromatic carbocycles. The van der Waals surface area contributed by atoms with Crippen LogP contribution in [0.3, 0.4) is 0 Å². The highest BCUT2D eigenvalue weighted by Crippen LogP contribution is 2.67. The van der Waals surface area contributed by atoms with Crippen molar-refractivity contribution in [1.29, 1.82) is 0 Å². The van der Waals surface area contributed by atoms with Gasteiger partial charge in [0.15, 0.2) is 22.7 Å². The van der Waals surface area contributed by atoms with Crippen molar-refractivity contribution in [2.75, 3.05) is 19.4 Å². The first-order valence-electron chi connectivity index (χ1n) is 10.4. The smallest absolute Gasteiger partial charge is 0.229 e. The van der Waals surface area contributed by atoms with Gasteiger partial charge in [-0.2, -0.15) is 0 Å². The van der Waals surface area contributed by atoms with Crippen LogP contribution in [0.1, 0.15) is 35.4 Å². The lowest BCUT2D eigenvalue weighted by molar-refractivity contribution is -0.132. The molecule has 2 aliphatic carbocycles. The number of fused-ring (bicyclic) bond motifs is 2. The number of nitrogens with one attached hydrogen (secondary N) is 2. The zero-order valence-electron chi connectivity index (χ0n) is 18.2. The number of furan rings is 1. The highest BCUT2D eigenvalue weighted by atomic mass is 16.3. The molecule has 10 nitrogen and oxygen atoms in total. The van der Waals surface area contributed by atoms with Crippen LogP contribution in [0.4, 0.5) is 5.82 Å². The number of aliphatic hydroxyl groups is 2. The van der Waals surface area contributed by atoms with Gasteiger partial charge in [0.1, 0.15) is 11.9 Å². The Kier molecular flexibility index (Phi) is 4.51. The van der Waals surface area contributed by atoms with Gasteiger partial charge in [0, 0.05) is 20.0 Å². The Labute approximate surface area is 184 Å². The summed E-state index contributed by atoms with van der Waals surface area (Å²) in [5.41, 5.74) is 1.02. The van der Waals surface area contributed by atoms with Gasteiger partial charge in [-0.25, -0.2) is 15.0 Å². The van der Waals surface area contributed by atoms with E-state index < -0.39 is 23.7 Å². The minimum Gasteiger partial charge on any atom is -0.453 e. The highest BCUT2D eigenvalue weighted by Gasteiger charge is 2.75. The maximum Gasteiger partial charge on any atom is 0.229 e. The predicted molar refractivity (Wildman–Crippen MR) is 115 cm³/mol. The first-order chi connectivity index (χ1) is 15.3. The monoisotopic (exact) mass is 436 g/mol. The van der Waals surface area contributed by atoms with E-state index >= 15 is 0 Å². The van der Waals surface area contributed by atoms with Crippen LogP contribution in [0, 0.1) is 37.0 Å². The molecule has 5 rings (SSSR count). The summed E-state index contributed by atoms with van der Waals surface area (Å²) >= 11 is 0. The summed E-state index contributed by atoms with van der Waals surface area (Å²) in [7, 11) is 3.26. The molecule has 5 atom stereocenters. The number of carbonyl (C=O) groups is 1. The second-order valence-corrected chi connectivity index (χ2v) is 8.43. The van der Waals surface area contributed by atoms with E-state index in [0.29, 0.717) is 29.2 Å². The Balaban J connectivity index is 1.57. The van der Waals surface area contributed by atoms with Crippen molar-refractivity contribution >= 4 is 22.9 Å². The molecule has 2 aliphatic rings. The quantitative estimate of drug-likeness (QED) is 0.436. The van der Waals surface area contributed by atoms with E-state index in [4.69, 9.17) is 4.42 Å². The molecule has 166 valence electrons. The number of nitrogens with zero attached hydrogens (tertiary/aromatic N) is 4. The average molecular weight is 436 g/mol. The average Bonchev–Trinajstić information content (AvgIpc) is 3.15. The predicted octanol–water partition coefficient (Wildman–Crippen LogP) is 0.506. The van der Waals surface area contributed by atoms with Gasteiger partial charge in [-0.15, -0.1) is 0 Å². The lowest BCUT2D eigenvalue weighted by atomic mass is 9.98. The van der Waals surface area contributed by atoms with Gasteiger partial charge in [-0.05, 0) is 43.7 Å². The van der Waals surface area contributed by atoms with Crippen molar-refractivity contribution in [3.8, 4) is 11.8 Å². The van der Waals surface area contributed by atoms with Gasteiger partial charge in [0.25, 0.3) is 0 Å². The van der Waals surface area contributed by atoms with Crippen LogP contribution >= 0.6 is 0 Å². The van der Waals surface area contributed by atoms with E-state index in [0.717, 1.165) is 11.3 Å². The zero-order valence-corrected chi connectivity index (χ0v) is 18.2. The standard InChI is InChI=1S/C22H24N6O4/c1-10-7-12(32-11(10)2)5-6-14-26-19(23-3)15-20(27-14)28(9-25-15)16-13-8-22(13,21(31)24-4)18(30)17(16)29/h7,9,13,16-18,29-30H,8H2,1-4H3,(H,24,31)(H,23,26,27)/t13?,16-,17?,18+,22-/m1/s1. The summed E-state index contributed by atoms with van der Waals surface area (Å²) in [6, 6.07) is 1.31. The molecule has 0 saturated heterocycles. The highest BCUT2D eigenvalue weighted by molar-refractivity contribution is 5.88. The summed E-state index contributed by atoms with van der Waals surface area (Å²) in [6.07, 6.45) is -0.233. The SMILES string of the molecule is CNC(=O)[C@]12CC1[C@@H](n1cnc3c(NC)nc(C#Cc4cc(C)c(C)o4)nc31)C(O)[C@@H]2O. The third kappa shape index (κ3) is 2.75. The summed E-state index contributed by atoms with van der Waals surface area (Å²) in [5, 5.41) is 27.1. The van der Waals surface area contributed by atoms with Gasteiger partial charge in [0.05, 0.1) is 23.9 Å². The van der Waals surface area contributed by atoms with Crippen LogP contribution in [0.2, 0.25) is 0 Å². The number of amides is 1. The minimum atomic E-state index is -1.16. The number of anilines is 1. The molecule has 0 radical (unpaired) electrons. The molecule has 3 aromatic rings. The molecule has 2 unspecified atom stereocenters. The lowest BCUT2D eigenvalue weighted by Crippen LogP contribution is -2.41. The summed E-state index contributed by atoms with van der Waals surface area (Å²) in [4.78, 5) is 25.9. The molecular formula is C22H24N6O4. The second-order valence-electron chi connectivity index (χ2n) is 8.43. The summed E-state index contributed by atoms with van der Waals surface area (Å²) < 4.78 is 7.32. The molecule has 4 N–H and O–H groups in total. The number of hydrogen-bond donors (Lipinski definition) is 4. The maximum absolute atomic E-state index is 12.4. The lowest BCUT2D eigenvalue weighted by Gasteiger charge is -2.23. The maximum atomic E-state index is 12.4. The molecule has 1 amide bonds. The number of aryl methyl sites for hydroxylation is 2. The Hall–Kier alpha value is -3.42. The number of carbonyl (C=O) groups excluding carboxylic acids is 1. The Bertz CT molecular complexity index is 1280. The molecule has 3 aromatic heterocycles. The molecule has 2 saturated carbocycles. The number of imidazole rings is 1. The van der Waals surface area contributed by atoms with Crippen LogP contribution in [-0.2, 0) is 4.79 Å². The summed E-state index contributed by atoms with van der Waals surface area (Å²) in [5.74, 6) is 7.46. The Morgan fingerprint density at radius 3 is 2.72 bits per heavy atom. The first kappa shape index (κ1) is 20.5. The van der Waals surface area contributed by atoms with Crippen molar-refractivity contribution in [1.82, 2.24) is 24.8 Å². The van der Waals surface area contributed by atoms with E-state index in [-0.39, 0.29) is 17.6 Å². The van der Waals surface area contributed by atoms with Crippen LogP contribution < -0.4 is 10.6 Å². The van der Waals surface area contributed by atoms with Crippen LogP contribution in [0.25, 0.3) is 11.2 Å². The van der Waals surface area contributed by atoms with Gasteiger partial charge >= 0.3 is 0 Å². The molecule has 3 heterocycles. The number of aliphatic hydroxyl groups excluding tert-OH is 2. The third-order valence-corrected chi connectivity index (χ3v) is 6.77. The fraction of sp³-hybridized carbons (Fsp3) is 0.455. The molecule has 32 heavy (non-hydrogen) atoms. The van der Waals surface area contributed by atoms with E-state index in [1.165, 1.54) is 7.05 Å². The van der Waals surface area contributed by atoms with Gasteiger partial charge in [-0.3, -0.25) is 4.79 Å². The van der Waals surface area contributed by atoms with Gasteiger partial charge < -0.3 is 29.8 Å². The number of hydrogen-bond acceptors (Lipinski definition) is 8. The van der Waals surface area contributed by atoms with E-state index in [1.807, 2.05) is 19.9 Å². The number of rotatable bonds is 3. The molecule has 2 fully saturated rings. The van der Waals surface area contributed by atoms with Crippen molar-refractivity contribution in [2.24, 2.45) is 11.3 Å².